The number of sulfonamides is 1. The molecule has 0 saturated heterocycles. The van der Waals surface area contributed by atoms with Gasteiger partial charge in [0.25, 0.3) is 0 Å². The fraction of sp³-hybridized carbons (Fsp3) is 0.227. The second kappa shape index (κ2) is 8.09. The summed E-state index contributed by atoms with van der Waals surface area (Å²) in [5.74, 6) is 0.00600. The number of rotatable bonds is 6. The van der Waals surface area contributed by atoms with Crippen LogP contribution in [0.2, 0.25) is 0 Å². The Bertz CT molecular complexity index is 1220. The second-order valence-corrected chi connectivity index (χ2v) is 8.97. The van der Waals surface area contributed by atoms with E-state index in [1.165, 1.54) is 35.7 Å². The number of hydrogen-bond donors (Lipinski definition) is 1. The predicted octanol–water partition coefficient (Wildman–Crippen LogP) is 3.00. The molecule has 0 bridgehead atoms. The molecule has 0 amide bonds. The fourth-order valence-corrected chi connectivity index (χ4v) is 5.46. The number of carboxylic acids is 1. The van der Waals surface area contributed by atoms with Gasteiger partial charge in [0.15, 0.2) is 0 Å². The average Bonchev–Trinajstić information content (AvgIpc) is 3.27. The molecule has 9 heteroatoms. The van der Waals surface area contributed by atoms with Crippen LogP contribution in [0.4, 0.5) is 0 Å². The average molecular weight is 442 g/mol. The standard InChI is InChI=1S/C22H22N2O6S/c1-29-16-7-10-18(20(14-16)30-2)21-19-4-3-11-23(19)12-13-24(21)31(27,28)17-8-5-15(6-9-17)22(25)26/h3-11,14,21H,12-13H2,1-2H3,(H,25,26). The van der Waals surface area contributed by atoms with E-state index >= 15 is 0 Å². The molecule has 4 rings (SSSR count). The summed E-state index contributed by atoms with van der Waals surface area (Å²) < 4.78 is 41.5. The Balaban J connectivity index is 1.84. The molecule has 3 aromatic rings. The molecule has 0 radical (unpaired) electrons. The highest BCUT2D eigenvalue weighted by molar-refractivity contribution is 7.89. The minimum Gasteiger partial charge on any atom is -0.497 e. The normalized spacial score (nSPS) is 16.5. The quantitative estimate of drug-likeness (QED) is 0.630. The second-order valence-electron chi connectivity index (χ2n) is 7.08. The number of hydrogen-bond acceptors (Lipinski definition) is 5. The van der Waals surface area contributed by atoms with Gasteiger partial charge in [0.2, 0.25) is 10.0 Å². The number of carboxylic acid groups (broad SMARTS) is 1. The van der Waals surface area contributed by atoms with E-state index in [9.17, 15) is 13.2 Å². The van der Waals surface area contributed by atoms with E-state index in [0.29, 0.717) is 23.6 Å². The lowest BCUT2D eigenvalue weighted by Gasteiger charge is -2.36. The van der Waals surface area contributed by atoms with Gasteiger partial charge in [0.05, 0.1) is 30.7 Å². The zero-order valence-electron chi connectivity index (χ0n) is 17.1. The molecule has 1 N–H and O–H groups in total. The topological polar surface area (TPSA) is 98.1 Å². The van der Waals surface area contributed by atoms with E-state index in [0.717, 1.165) is 5.69 Å². The van der Waals surface area contributed by atoms with E-state index in [2.05, 4.69) is 0 Å². The van der Waals surface area contributed by atoms with Crippen molar-refractivity contribution in [3.63, 3.8) is 0 Å². The van der Waals surface area contributed by atoms with Crippen molar-refractivity contribution >= 4 is 16.0 Å². The largest absolute Gasteiger partial charge is 0.497 e. The van der Waals surface area contributed by atoms with Crippen molar-refractivity contribution in [2.24, 2.45) is 0 Å². The Morgan fingerprint density at radius 1 is 1.03 bits per heavy atom. The first-order chi connectivity index (χ1) is 14.9. The number of benzene rings is 2. The van der Waals surface area contributed by atoms with Gasteiger partial charge in [-0.2, -0.15) is 4.31 Å². The molecule has 162 valence electrons. The maximum absolute atomic E-state index is 13.6. The Morgan fingerprint density at radius 3 is 2.42 bits per heavy atom. The van der Waals surface area contributed by atoms with Crippen molar-refractivity contribution in [1.82, 2.24) is 8.87 Å². The first kappa shape index (κ1) is 21.0. The summed E-state index contributed by atoms with van der Waals surface area (Å²) in [4.78, 5) is 11.2. The number of aromatic nitrogens is 1. The van der Waals surface area contributed by atoms with Gasteiger partial charge >= 0.3 is 5.97 Å². The van der Waals surface area contributed by atoms with Crippen LogP contribution in [0.1, 0.15) is 27.7 Å². The molecular weight excluding hydrogens is 420 g/mol. The Hall–Kier alpha value is -3.30. The van der Waals surface area contributed by atoms with Crippen LogP contribution in [-0.4, -0.2) is 49.1 Å². The zero-order valence-corrected chi connectivity index (χ0v) is 17.9. The van der Waals surface area contributed by atoms with Crippen molar-refractivity contribution < 1.29 is 27.8 Å². The summed E-state index contributed by atoms with van der Waals surface area (Å²) in [6, 6.07) is 13.7. The molecule has 0 aliphatic carbocycles. The molecule has 8 nitrogen and oxygen atoms in total. The Kier molecular flexibility index (Phi) is 5.47. The van der Waals surface area contributed by atoms with Crippen molar-refractivity contribution in [3.8, 4) is 11.5 Å². The molecule has 2 aromatic carbocycles. The summed E-state index contributed by atoms with van der Waals surface area (Å²) in [7, 11) is -0.838. The molecule has 2 heterocycles. The van der Waals surface area contributed by atoms with Gasteiger partial charge in [-0.15, -0.1) is 0 Å². The molecule has 1 aliphatic heterocycles. The highest BCUT2D eigenvalue weighted by Crippen LogP contribution is 2.41. The van der Waals surface area contributed by atoms with Crippen molar-refractivity contribution in [1.29, 1.82) is 0 Å². The van der Waals surface area contributed by atoms with Crippen molar-refractivity contribution in [3.05, 3.63) is 77.6 Å². The van der Waals surface area contributed by atoms with E-state index < -0.39 is 22.0 Å². The highest BCUT2D eigenvalue weighted by Gasteiger charge is 2.39. The molecule has 1 aromatic heterocycles. The number of fused-ring (bicyclic) bond motifs is 1. The van der Waals surface area contributed by atoms with Crippen LogP contribution >= 0.6 is 0 Å². The van der Waals surface area contributed by atoms with E-state index in [4.69, 9.17) is 14.6 Å². The van der Waals surface area contributed by atoms with Gasteiger partial charge < -0.3 is 19.1 Å². The lowest BCUT2D eigenvalue weighted by atomic mass is 10.0. The highest BCUT2D eigenvalue weighted by atomic mass is 32.2. The SMILES string of the molecule is COc1ccc(C2c3cccn3CCN2S(=O)(=O)c2ccc(C(=O)O)cc2)c(OC)c1. The number of carbonyl (C=O) groups is 1. The summed E-state index contributed by atoms with van der Waals surface area (Å²) in [5, 5.41) is 9.12. The maximum atomic E-state index is 13.6. The first-order valence-electron chi connectivity index (χ1n) is 9.59. The van der Waals surface area contributed by atoms with Gasteiger partial charge in [0, 0.05) is 36.6 Å². The molecule has 0 saturated carbocycles. The third-order valence-electron chi connectivity index (χ3n) is 5.44. The Labute approximate surface area is 180 Å². The third kappa shape index (κ3) is 3.66. The maximum Gasteiger partial charge on any atom is 0.335 e. The first-order valence-corrected chi connectivity index (χ1v) is 11.0. The molecule has 1 atom stereocenters. The lowest BCUT2D eigenvalue weighted by molar-refractivity contribution is 0.0696. The van der Waals surface area contributed by atoms with Crippen molar-refractivity contribution in [2.45, 2.75) is 17.5 Å². The summed E-state index contributed by atoms with van der Waals surface area (Å²) >= 11 is 0. The molecule has 31 heavy (non-hydrogen) atoms. The van der Waals surface area contributed by atoms with Crippen LogP contribution in [0.5, 0.6) is 11.5 Å². The molecule has 0 fully saturated rings. The van der Waals surface area contributed by atoms with Gasteiger partial charge in [-0.1, -0.05) is 0 Å². The molecule has 1 unspecified atom stereocenters. The number of aromatic carboxylic acids is 1. The predicted molar refractivity (Wildman–Crippen MR) is 113 cm³/mol. The van der Waals surface area contributed by atoms with Gasteiger partial charge in [-0.3, -0.25) is 0 Å². The van der Waals surface area contributed by atoms with Crippen LogP contribution in [0.3, 0.4) is 0 Å². The van der Waals surface area contributed by atoms with Gasteiger partial charge in [-0.05, 0) is 48.5 Å². The third-order valence-corrected chi connectivity index (χ3v) is 7.32. The molecular formula is C22H22N2O6S. The Morgan fingerprint density at radius 2 is 1.77 bits per heavy atom. The van der Waals surface area contributed by atoms with E-state index in [1.807, 2.05) is 22.9 Å². The van der Waals surface area contributed by atoms with Crippen LogP contribution in [-0.2, 0) is 16.6 Å². The smallest absolute Gasteiger partial charge is 0.335 e. The molecule has 0 spiro atoms. The van der Waals surface area contributed by atoms with Gasteiger partial charge in [-0.25, -0.2) is 13.2 Å². The van der Waals surface area contributed by atoms with E-state index in [-0.39, 0.29) is 17.0 Å². The number of methoxy groups -OCH3 is 2. The van der Waals surface area contributed by atoms with Gasteiger partial charge in [0.1, 0.15) is 11.5 Å². The number of ether oxygens (including phenoxy) is 2. The number of nitrogens with zero attached hydrogens (tertiary/aromatic N) is 2. The van der Waals surface area contributed by atoms with Crippen molar-refractivity contribution in [2.75, 3.05) is 20.8 Å². The minimum atomic E-state index is -3.92. The summed E-state index contributed by atoms with van der Waals surface area (Å²) in [6.07, 6.45) is 1.92. The minimum absolute atomic E-state index is 0.0276. The monoisotopic (exact) mass is 442 g/mol. The molecule has 1 aliphatic rings. The lowest BCUT2D eigenvalue weighted by Crippen LogP contribution is -2.42. The van der Waals surface area contributed by atoms with E-state index in [1.54, 1.807) is 25.3 Å². The fourth-order valence-electron chi connectivity index (χ4n) is 3.88. The van der Waals surface area contributed by atoms with Crippen LogP contribution in [0.25, 0.3) is 0 Å². The van der Waals surface area contributed by atoms with Crippen LogP contribution < -0.4 is 9.47 Å². The van der Waals surface area contributed by atoms with Crippen LogP contribution in [0.15, 0.2) is 65.7 Å². The van der Waals surface area contributed by atoms with Crippen LogP contribution in [0, 0.1) is 0 Å². The summed E-state index contributed by atoms with van der Waals surface area (Å²) in [6.45, 7) is 0.758. The zero-order chi connectivity index (χ0) is 22.2. The summed E-state index contributed by atoms with van der Waals surface area (Å²) in [5.41, 5.74) is 1.54.